The monoisotopic (exact) mass is 354 g/mol. The van der Waals surface area contributed by atoms with E-state index in [-0.39, 0.29) is 5.91 Å². The zero-order valence-corrected chi connectivity index (χ0v) is 14.4. The lowest BCUT2D eigenvalue weighted by molar-refractivity contribution is -0.117. The number of azo groups is 1. The van der Waals surface area contributed by atoms with Crippen LogP contribution in [0.2, 0.25) is 0 Å². The molecule has 1 amide bonds. The van der Waals surface area contributed by atoms with Gasteiger partial charge in [0.05, 0.1) is 34.8 Å². The lowest BCUT2D eigenvalue weighted by atomic mass is 10.2. The number of anilines is 1. The van der Waals surface area contributed by atoms with Gasteiger partial charge in [-0.05, 0) is 48.9 Å². The summed E-state index contributed by atoms with van der Waals surface area (Å²) in [4.78, 5) is 12.6. The summed E-state index contributed by atoms with van der Waals surface area (Å²) >= 11 is 0. The Morgan fingerprint density at radius 3 is 2.67 bits per heavy atom. The minimum Gasteiger partial charge on any atom is -0.269 e. The number of nitrogens with zero attached hydrogens (tertiary/aromatic N) is 6. The average molecular weight is 354 g/mol. The number of rotatable bonds is 4. The van der Waals surface area contributed by atoms with Crippen LogP contribution in [0.5, 0.6) is 0 Å². The minimum absolute atomic E-state index is 0.320. The van der Waals surface area contributed by atoms with E-state index >= 15 is 0 Å². The summed E-state index contributed by atoms with van der Waals surface area (Å²) in [6.45, 7) is 1.71. The van der Waals surface area contributed by atoms with Crippen molar-refractivity contribution >= 4 is 29.1 Å². The number of nitriles is 2. The molecule has 1 aliphatic rings. The molecule has 0 fully saturated rings. The number of hydrogen-bond acceptors (Lipinski definition) is 6. The Kier molecular flexibility index (Phi) is 5.15. The molecule has 1 aliphatic heterocycles. The zero-order chi connectivity index (χ0) is 19.2. The number of carbonyl (C=O) groups is 1. The second kappa shape index (κ2) is 7.85. The number of amides is 1. The molecular formula is C20H14N6O. The Morgan fingerprint density at radius 1 is 1.19 bits per heavy atom. The Hall–Kier alpha value is -4.10. The van der Waals surface area contributed by atoms with Gasteiger partial charge < -0.3 is 0 Å². The van der Waals surface area contributed by atoms with Crippen LogP contribution in [-0.2, 0) is 4.79 Å². The summed E-state index contributed by atoms with van der Waals surface area (Å²) in [7, 11) is 0. The molecule has 2 aromatic carbocycles. The van der Waals surface area contributed by atoms with Gasteiger partial charge in [0.15, 0.2) is 6.04 Å². The van der Waals surface area contributed by atoms with Gasteiger partial charge in [-0.1, -0.05) is 18.2 Å². The Labute approximate surface area is 156 Å². The fourth-order valence-corrected chi connectivity index (χ4v) is 2.49. The predicted molar refractivity (Wildman–Crippen MR) is 101 cm³/mol. The molecule has 3 rings (SSSR count). The molecule has 0 aromatic heterocycles. The van der Waals surface area contributed by atoms with Crippen molar-refractivity contribution in [3.05, 3.63) is 65.7 Å². The highest BCUT2D eigenvalue weighted by Gasteiger charge is 2.34. The molecule has 0 bridgehead atoms. The van der Waals surface area contributed by atoms with E-state index in [4.69, 9.17) is 10.5 Å². The van der Waals surface area contributed by atoms with E-state index in [1.165, 1.54) is 11.1 Å². The van der Waals surface area contributed by atoms with E-state index in [9.17, 15) is 4.79 Å². The van der Waals surface area contributed by atoms with Crippen molar-refractivity contribution < 1.29 is 4.79 Å². The van der Waals surface area contributed by atoms with Gasteiger partial charge in [-0.25, -0.2) is 0 Å². The number of carbonyl (C=O) groups excluding carboxylic acids is 1. The van der Waals surface area contributed by atoms with Gasteiger partial charge in [0.2, 0.25) is 0 Å². The van der Waals surface area contributed by atoms with E-state index in [1.807, 2.05) is 12.1 Å². The van der Waals surface area contributed by atoms with Crippen LogP contribution in [0.4, 0.5) is 11.4 Å². The molecular weight excluding hydrogens is 340 g/mol. The first-order valence-electron chi connectivity index (χ1n) is 8.08. The highest BCUT2D eigenvalue weighted by atomic mass is 16.2. The van der Waals surface area contributed by atoms with Crippen molar-refractivity contribution in [1.82, 2.24) is 0 Å². The van der Waals surface area contributed by atoms with Crippen LogP contribution in [-0.4, -0.2) is 17.7 Å². The van der Waals surface area contributed by atoms with E-state index in [0.717, 1.165) is 5.56 Å². The first kappa shape index (κ1) is 17.7. The van der Waals surface area contributed by atoms with Gasteiger partial charge in [-0.2, -0.15) is 30.9 Å². The maximum atomic E-state index is 12.6. The topological polar surface area (TPSA) is 105 Å². The third kappa shape index (κ3) is 3.94. The summed E-state index contributed by atoms with van der Waals surface area (Å²) in [6, 6.07) is 17.0. The first-order chi connectivity index (χ1) is 13.1. The average Bonchev–Trinajstić information content (AvgIpc) is 2.99. The fraction of sp³-hybridized carbons (Fsp3) is 0.100. The molecule has 0 spiro atoms. The molecule has 130 valence electrons. The molecule has 2 aromatic rings. The highest BCUT2D eigenvalue weighted by Crippen LogP contribution is 2.24. The van der Waals surface area contributed by atoms with Crippen molar-refractivity contribution in [3.8, 4) is 12.1 Å². The fourth-order valence-electron chi connectivity index (χ4n) is 2.49. The maximum absolute atomic E-state index is 12.6. The van der Waals surface area contributed by atoms with E-state index in [1.54, 1.807) is 61.5 Å². The van der Waals surface area contributed by atoms with E-state index in [0.29, 0.717) is 22.6 Å². The standard InChI is InChI=1S/C20H14N6O/c1-14-19(24-23-17-9-7-15(8-10-17)5-3-11-21)20(27)26(25-14)18-6-2-4-16(12-18)13-22/h2-10,12,19H,1H3/b5-3+,24-23?. The molecule has 7 heteroatoms. The van der Waals surface area contributed by atoms with Crippen molar-refractivity contribution in [3.63, 3.8) is 0 Å². The molecule has 0 saturated carbocycles. The van der Waals surface area contributed by atoms with Crippen LogP contribution in [0.25, 0.3) is 6.08 Å². The summed E-state index contributed by atoms with van der Waals surface area (Å²) in [5.74, 6) is -0.320. The van der Waals surface area contributed by atoms with Crippen LogP contribution in [0.3, 0.4) is 0 Å². The second-order valence-corrected chi connectivity index (χ2v) is 5.73. The number of allylic oxidation sites excluding steroid dienone is 1. The Balaban J connectivity index is 1.76. The third-order valence-electron chi connectivity index (χ3n) is 3.85. The van der Waals surface area contributed by atoms with Gasteiger partial charge in [0.25, 0.3) is 5.91 Å². The number of benzene rings is 2. The summed E-state index contributed by atoms with van der Waals surface area (Å²) in [6.07, 6.45) is 3.08. The third-order valence-corrected chi connectivity index (χ3v) is 3.85. The molecule has 1 heterocycles. The summed E-state index contributed by atoms with van der Waals surface area (Å²) in [5.41, 5.74) is 2.96. The summed E-state index contributed by atoms with van der Waals surface area (Å²) < 4.78 is 0. The molecule has 0 saturated heterocycles. The molecule has 1 atom stereocenters. The van der Waals surface area contributed by atoms with Gasteiger partial charge in [0.1, 0.15) is 0 Å². The van der Waals surface area contributed by atoms with Crippen LogP contribution in [0.1, 0.15) is 18.1 Å². The van der Waals surface area contributed by atoms with Crippen molar-refractivity contribution in [2.75, 3.05) is 5.01 Å². The highest BCUT2D eigenvalue weighted by molar-refractivity contribution is 6.18. The SMILES string of the molecule is CC1=NN(c2cccc(C#N)c2)C(=O)C1N=Nc1ccc(/C=C/C#N)cc1. The van der Waals surface area contributed by atoms with Crippen LogP contribution in [0, 0.1) is 22.7 Å². The van der Waals surface area contributed by atoms with Gasteiger partial charge in [0, 0.05) is 6.08 Å². The normalized spacial score (nSPS) is 16.6. The largest absolute Gasteiger partial charge is 0.280 e. The quantitative estimate of drug-likeness (QED) is 0.612. The van der Waals surface area contributed by atoms with E-state index in [2.05, 4.69) is 15.3 Å². The maximum Gasteiger partial charge on any atom is 0.280 e. The van der Waals surface area contributed by atoms with Crippen LogP contribution < -0.4 is 5.01 Å². The van der Waals surface area contributed by atoms with E-state index < -0.39 is 6.04 Å². The van der Waals surface area contributed by atoms with Crippen molar-refractivity contribution in [1.29, 1.82) is 10.5 Å². The summed E-state index contributed by atoms with van der Waals surface area (Å²) in [5, 5.41) is 31.3. The zero-order valence-electron chi connectivity index (χ0n) is 14.4. The number of hydrogen-bond donors (Lipinski definition) is 0. The Bertz CT molecular complexity index is 1040. The molecule has 0 N–H and O–H groups in total. The van der Waals surface area contributed by atoms with Crippen LogP contribution >= 0.6 is 0 Å². The van der Waals surface area contributed by atoms with Crippen molar-refractivity contribution in [2.45, 2.75) is 13.0 Å². The lowest BCUT2D eigenvalue weighted by Gasteiger charge is -2.12. The van der Waals surface area contributed by atoms with Crippen molar-refractivity contribution in [2.24, 2.45) is 15.3 Å². The minimum atomic E-state index is -0.797. The van der Waals surface area contributed by atoms with Crippen LogP contribution in [0.15, 0.2) is 69.9 Å². The Morgan fingerprint density at radius 2 is 1.96 bits per heavy atom. The second-order valence-electron chi connectivity index (χ2n) is 5.73. The van der Waals surface area contributed by atoms with Gasteiger partial charge in [-0.15, -0.1) is 0 Å². The first-order valence-corrected chi connectivity index (χ1v) is 8.08. The molecule has 7 nitrogen and oxygen atoms in total. The molecule has 1 unspecified atom stereocenters. The molecule has 0 radical (unpaired) electrons. The van der Waals surface area contributed by atoms with Gasteiger partial charge in [-0.3, -0.25) is 4.79 Å². The smallest absolute Gasteiger partial charge is 0.269 e. The molecule has 0 aliphatic carbocycles. The lowest BCUT2D eigenvalue weighted by Crippen LogP contribution is -2.29. The number of hydrazone groups is 1. The predicted octanol–water partition coefficient (Wildman–Crippen LogP) is 3.97. The molecule has 27 heavy (non-hydrogen) atoms. The van der Waals surface area contributed by atoms with Gasteiger partial charge >= 0.3 is 0 Å².